The lowest BCUT2D eigenvalue weighted by Gasteiger charge is -2.07. The minimum absolute atomic E-state index is 0.110. The summed E-state index contributed by atoms with van der Waals surface area (Å²) >= 11 is 0. The number of aryl methyl sites for hydroxylation is 4. The third kappa shape index (κ3) is 2.50. The van der Waals surface area contributed by atoms with Crippen LogP contribution in [0.5, 0.6) is 0 Å². The molecule has 1 aromatic heterocycles. The van der Waals surface area contributed by atoms with E-state index in [1.807, 2.05) is 52.0 Å². The quantitative estimate of drug-likeness (QED) is 0.775. The smallest absolute Gasteiger partial charge is 0.184 e. The minimum atomic E-state index is 0.110. The number of hydrogen-bond acceptors (Lipinski definition) is 2. The zero-order valence-corrected chi connectivity index (χ0v) is 11.3. The van der Waals surface area contributed by atoms with Crippen molar-refractivity contribution in [2.75, 3.05) is 0 Å². The highest BCUT2D eigenvalue weighted by Gasteiger charge is 2.11. The first kappa shape index (κ1) is 12.6. The fourth-order valence-electron chi connectivity index (χ4n) is 2.18. The second-order valence-corrected chi connectivity index (χ2v) is 4.83. The standard InChI is InChI=1S/C15H18N2O/c1-10-5-6-14(11(2)7-10)15(18)9-17-13(4)8-12(3)16-17/h5-8H,9H2,1-4H3. The normalized spacial score (nSPS) is 10.7. The van der Waals surface area contributed by atoms with E-state index in [0.717, 1.165) is 22.5 Å². The SMILES string of the molecule is Cc1ccc(C(=O)Cn2nc(C)cc2C)c(C)c1. The van der Waals surface area contributed by atoms with Crippen LogP contribution in [0.2, 0.25) is 0 Å². The van der Waals surface area contributed by atoms with Crippen LogP contribution in [0.15, 0.2) is 24.3 Å². The number of ketones is 1. The Labute approximate surface area is 107 Å². The Morgan fingerprint density at radius 1 is 1.17 bits per heavy atom. The van der Waals surface area contributed by atoms with Gasteiger partial charge in [-0.25, -0.2) is 0 Å². The summed E-state index contributed by atoms with van der Waals surface area (Å²) < 4.78 is 1.76. The fourth-order valence-corrected chi connectivity index (χ4v) is 2.18. The first-order chi connectivity index (χ1) is 8.47. The fraction of sp³-hybridized carbons (Fsp3) is 0.333. The third-order valence-corrected chi connectivity index (χ3v) is 3.08. The van der Waals surface area contributed by atoms with Gasteiger partial charge in [-0.15, -0.1) is 0 Å². The molecule has 0 saturated carbocycles. The lowest BCUT2D eigenvalue weighted by Crippen LogP contribution is -2.14. The second-order valence-electron chi connectivity index (χ2n) is 4.83. The van der Waals surface area contributed by atoms with Gasteiger partial charge >= 0.3 is 0 Å². The van der Waals surface area contributed by atoms with Crippen molar-refractivity contribution in [1.82, 2.24) is 9.78 Å². The van der Waals surface area contributed by atoms with Crippen LogP contribution in [0.3, 0.4) is 0 Å². The Hall–Kier alpha value is -1.90. The Morgan fingerprint density at radius 3 is 2.44 bits per heavy atom. The van der Waals surface area contributed by atoms with Gasteiger partial charge in [-0.3, -0.25) is 9.48 Å². The number of hydrogen-bond donors (Lipinski definition) is 0. The molecule has 2 aromatic rings. The van der Waals surface area contributed by atoms with Gasteiger partial charge in [0.25, 0.3) is 0 Å². The van der Waals surface area contributed by atoms with Crippen molar-refractivity contribution >= 4 is 5.78 Å². The van der Waals surface area contributed by atoms with Gasteiger partial charge < -0.3 is 0 Å². The van der Waals surface area contributed by atoms with E-state index in [0.29, 0.717) is 6.54 Å². The zero-order chi connectivity index (χ0) is 13.3. The van der Waals surface area contributed by atoms with Crippen LogP contribution < -0.4 is 0 Å². The molecule has 0 amide bonds. The summed E-state index contributed by atoms with van der Waals surface area (Å²) in [5.74, 6) is 0.110. The summed E-state index contributed by atoms with van der Waals surface area (Å²) in [4.78, 5) is 12.2. The van der Waals surface area contributed by atoms with Crippen LogP contribution in [0.25, 0.3) is 0 Å². The monoisotopic (exact) mass is 242 g/mol. The molecule has 0 bridgehead atoms. The molecule has 0 spiro atoms. The van der Waals surface area contributed by atoms with E-state index in [2.05, 4.69) is 5.10 Å². The topological polar surface area (TPSA) is 34.9 Å². The van der Waals surface area contributed by atoms with Gasteiger partial charge in [-0.2, -0.15) is 5.10 Å². The molecule has 0 saturated heterocycles. The van der Waals surface area contributed by atoms with E-state index in [4.69, 9.17) is 0 Å². The van der Waals surface area contributed by atoms with Crippen molar-refractivity contribution in [2.24, 2.45) is 0 Å². The molecule has 0 fully saturated rings. The number of rotatable bonds is 3. The lowest BCUT2D eigenvalue weighted by molar-refractivity contribution is 0.0966. The molecule has 94 valence electrons. The molecule has 0 aliphatic rings. The number of Topliss-reactive ketones (excluding diaryl/α,β-unsaturated/α-hetero) is 1. The molecule has 2 rings (SSSR count). The van der Waals surface area contributed by atoms with Gasteiger partial charge in [-0.05, 0) is 39.3 Å². The van der Waals surface area contributed by atoms with Gasteiger partial charge in [0.05, 0.1) is 5.69 Å². The molecule has 0 unspecified atom stereocenters. The van der Waals surface area contributed by atoms with E-state index >= 15 is 0 Å². The maximum atomic E-state index is 12.2. The van der Waals surface area contributed by atoms with E-state index in [-0.39, 0.29) is 5.78 Å². The predicted octanol–water partition coefficient (Wildman–Crippen LogP) is 3.00. The van der Waals surface area contributed by atoms with Crippen LogP contribution >= 0.6 is 0 Å². The highest BCUT2D eigenvalue weighted by atomic mass is 16.1. The van der Waals surface area contributed by atoms with Crippen LogP contribution in [0.1, 0.15) is 32.9 Å². The number of carbonyl (C=O) groups excluding carboxylic acids is 1. The Balaban J connectivity index is 2.24. The second kappa shape index (κ2) is 4.77. The number of benzene rings is 1. The molecule has 3 nitrogen and oxygen atoms in total. The van der Waals surface area contributed by atoms with Crippen LogP contribution in [0, 0.1) is 27.7 Å². The highest BCUT2D eigenvalue weighted by Crippen LogP contribution is 2.13. The largest absolute Gasteiger partial charge is 0.292 e. The van der Waals surface area contributed by atoms with E-state index in [1.165, 1.54) is 5.56 Å². The summed E-state index contributed by atoms with van der Waals surface area (Å²) in [6.45, 7) is 8.22. The lowest BCUT2D eigenvalue weighted by atomic mass is 10.0. The van der Waals surface area contributed by atoms with Crippen molar-refractivity contribution in [1.29, 1.82) is 0 Å². The van der Waals surface area contributed by atoms with E-state index in [1.54, 1.807) is 4.68 Å². The van der Waals surface area contributed by atoms with Crippen molar-refractivity contribution < 1.29 is 4.79 Å². The summed E-state index contributed by atoms with van der Waals surface area (Å²) in [7, 11) is 0. The van der Waals surface area contributed by atoms with E-state index < -0.39 is 0 Å². The maximum absolute atomic E-state index is 12.2. The molecule has 18 heavy (non-hydrogen) atoms. The molecule has 0 radical (unpaired) electrons. The first-order valence-electron chi connectivity index (χ1n) is 6.09. The third-order valence-electron chi connectivity index (χ3n) is 3.08. The van der Waals surface area contributed by atoms with Crippen LogP contribution in [-0.2, 0) is 6.54 Å². The minimum Gasteiger partial charge on any atom is -0.292 e. The van der Waals surface area contributed by atoms with Gasteiger partial charge in [-0.1, -0.05) is 23.8 Å². The van der Waals surface area contributed by atoms with Crippen molar-refractivity contribution in [2.45, 2.75) is 34.2 Å². The summed E-state index contributed by atoms with van der Waals surface area (Å²) in [6.07, 6.45) is 0. The first-order valence-corrected chi connectivity index (χ1v) is 6.09. The summed E-state index contributed by atoms with van der Waals surface area (Å²) in [5, 5.41) is 4.32. The van der Waals surface area contributed by atoms with Gasteiger partial charge in [0, 0.05) is 11.3 Å². The molecule has 0 aliphatic carbocycles. The molecular weight excluding hydrogens is 224 g/mol. The van der Waals surface area contributed by atoms with Crippen molar-refractivity contribution in [3.8, 4) is 0 Å². The molecule has 0 aliphatic heterocycles. The Kier molecular flexibility index (Phi) is 3.32. The molecule has 1 heterocycles. The molecule has 1 aromatic carbocycles. The number of nitrogens with zero attached hydrogens (tertiary/aromatic N) is 2. The van der Waals surface area contributed by atoms with Crippen LogP contribution in [-0.4, -0.2) is 15.6 Å². The highest BCUT2D eigenvalue weighted by molar-refractivity contribution is 5.97. The maximum Gasteiger partial charge on any atom is 0.184 e. The Bertz CT molecular complexity index is 597. The molecular formula is C15H18N2O. The van der Waals surface area contributed by atoms with Gasteiger partial charge in [0.1, 0.15) is 6.54 Å². The summed E-state index contributed by atoms with van der Waals surface area (Å²) in [6, 6.07) is 7.89. The van der Waals surface area contributed by atoms with Gasteiger partial charge in [0.15, 0.2) is 5.78 Å². The van der Waals surface area contributed by atoms with Gasteiger partial charge in [0.2, 0.25) is 0 Å². The molecule has 3 heteroatoms. The number of aromatic nitrogens is 2. The summed E-state index contributed by atoms with van der Waals surface area (Å²) in [5.41, 5.74) is 4.95. The molecule has 0 atom stereocenters. The van der Waals surface area contributed by atoms with Crippen molar-refractivity contribution in [3.63, 3.8) is 0 Å². The Morgan fingerprint density at radius 2 is 1.89 bits per heavy atom. The zero-order valence-electron chi connectivity index (χ0n) is 11.3. The van der Waals surface area contributed by atoms with E-state index in [9.17, 15) is 4.79 Å². The van der Waals surface area contributed by atoms with Crippen LogP contribution in [0.4, 0.5) is 0 Å². The average molecular weight is 242 g/mol. The van der Waals surface area contributed by atoms with Crippen molar-refractivity contribution in [3.05, 3.63) is 52.3 Å². The number of carbonyl (C=O) groups is 1. The average Bonchev–Trinajstić information content (AvgIpc) is 2.57. The molecule has 0 N–H and O–H groups in total. The predicted molar refractivity (Wildman–Crippen MR) is 71.9 cm³/mol.